The normalized spacial score (nSPS) is 11.9. The Bertz CT molecular complexity index is 1050. The van der Waals surface area contributed by atoms with Crippen molar-refractivity contribution >= 4 is 5.57 Å². The first-order chi connectivity index (χ1) is 13.4. The van der Waals surface area contributed by atoms with Crippen LogP contribution >= 0.6 is 0 Å². The van der Waals surface area contributed by atoms with E-state index in [1.165, 1.54) is 0 Å². The summed E-state index contributed by atoms with van der Waals surface area (Å²) in [7, 11) is 0. The molecule has 142 valence electrons. The summed E-state index contributed by atoms with van der Waals surface area (Å²) in [5, 5.41) is 7.57. The van der Waals surface area contributed by atoms with Crippen LogP contribution in [0.5, 0.6) is 0 Å². The standard InChI is InChI=1S/C24H26N4/c1-16(2)7-6-8-17(3)23-14-22(27-28-23)13-20-11-18(4)24(26-15-20)21-9-10-25-19(5)12-21/h6-12,14-15H,1,13H2,2-5H3,(H,27,28)/b7-6-,17-8+. The van der Waals surface area contributed by atoms with E-state index in [0.717, 1.165) is 57.0 Å². The SMILES string of the molecule is C=C(C)/C=C\C=C(/C)c1cc(Cc2cnc(-c3ccnc(C)c3)c(C)c2)[nH]n1. The van der Waals surface area contributed by atoms with Crippen LogP contribution in [-0.2, 0) is 6.42 Å². The average molecular weight is 371 g/mol. The zero-order chi connectivity index (χ0) is 20.1. The molecule has 0 aromatic carbocycles. The molecule has 4 nitrogen and oxygen atoms in total. The monoisotopic (exact) mass is 370 g/mol. The maximum absolute atomic E-state index is 4.69. The predicted molar refractivity (Wildman–Crippen MR) is 116 cm³/mol. The molecule has 0 spiro atoms. The summed E-state index contributed by atoms with van der Waals surface area (Å²) in [5.74, 6) is 0. The molecule has 0 saturated heterocycles. The number of aryl methyl sites for hydroxylation is 2. The van der Waals surface area contributed by atoms with E-state index in [2.05, 4.69) is 53.8 Å². The number of hydrogen-bond acceptors (Lipinski definition) is 3. The molecule has 3 aromatic rings. The van der Waals surface area contributed by atoms with Crippen LogP contribution in [0.15, 0.2) is 67.0 Å². The number of allylic oxidation sites excluding steroid dienone is 5. The van der Waals surface area contributed by atoms with Crippen molar-refractivity contribution in [3.8, 4) is 11.3 Å². The van der Waals surface area contributed by atoms with Gasteiger partial charge in [-0.15, -0.1) is 0 Å². The Balaban J connectivity index is 1.75. The number of aromatic nitrogens is 4. The maximum Gasteiger partial charge on any atom is 0.0880 e. The fourth-order valence-corrected chi connectivity index (χ4v) is 3.04. The van der Waals surface area contributed by atoms with Gasteiger partial charge in [0.1, 0.15) is 0 Å². The van der Waals surface area contributed by atoms with Crippen LogP contribution in [0.4, 0.5) is 0 Å². The Morgan fingerprint density at radius 3 is 2.68 bits per heavy atom. The number of aromatic amines is 1. The molecule has 0 unspecified atom stereocenters. The second-order valence-corrected chi connectivity index (χ2v) is 7.21. The summed E-state index contributed by atoms with van der Waals surface area (Å²) in [5.41, 5.74) is 9.57. The summed E-state index contributed by atoms with van der Waals surface area (Å²) < 4.78 is 0. The quantitative estimate of drug-likeness (QED) is 0.574. The molecule has 0 radical (unpaired) electrons. The molecule has 4 heteroatoms. The second kappa shape index (κ2) is 8.61. The Labute approximate surface area is 166 Å². The fraction of sp³-hybridized carbons (Fsp3) is 0.208. The van der Waals surface area contributed by atoms with Crippen molar-refractivity contribution < 1.29 is 0 Å². The molecular formula is C24H26N4. The summed E-state index contributed by atoms with van der Waals surface area (Å²) in [6, 6.07) is 8.35. The van der Waals surface area contributed by atoms with Gasteiger partial charge < -0.3 is 0 Å². The fourth-order valence-electron chi connectivity index (χ4n) is 3.04. The van der Waals surface area contributed by atoms with Gasteiger partial charge in [0, 0.05) is 35.8 Å². The van der Waals surface area contributed by atoms with Gasteiger partial charge in [0.05, 0.1) is 11.4 Å². The third kappa shape index (κ3) is 4.92. The number of H-pyrrole nitrogens is 1. The molecule has 28 heavy (non-hydrogen) atoms. The molecule has 0 bridgehead atoms. The first-order valence-corrected chi connectivity index (χ1v) is 9.36. The minimum Gasteiger partial charge on any atom is -0.282 e. The van der Waals surface area contributed by atoms with Gasteiger partial charge in [0.2, 0.25) is 0 Å². The molecule has 0 aliphatic heterocycles. The van der Waals surface area contributed by atoms with Gasteiger partial charge in [-0.1, -0.05) is 36.4 Å². The molecule has 0 fully saturated rings. The summed E-state index contributed by atoms with van der Waals surface area (Å²) >= 11 is 0. The van der Waals surface area contributed by atoms with Gasteiger partial charge in [-0.2, -0.15) is 5.10 Å². The van der Waals surface area contributed by atoms with Crippen LogP contribution in [0.25, 0.3) is 16.8 Å². The van der Waals surface area contributed by atoms with Crippen molar-refractivity contribution in [3.63, 3.8) is 0 Å². The lowest BCUT2D eigenvalue weighted by atomic mass is 10.0. The Morgan fingerprint density at radius 2 is 1.96 bits per heavy atom. The van der Waals surface area contributed by atoms with Crippen LogP contribution in [-0.4, -0.2) is 20.2 Å². The Kier molecular flexibility index (Phi) is 5.99. The van der Waals surface area contributed by atoms with Gasteiger partial charge in [-0.05, 0) is 62.6 Å². The predicted octanol–water partition coefficient (Wildman–Crippen LogP) is 5.61. The molecule has 0 amide bonds. The van der Waals surface area contributed by atoms with E-state index < -0.39 is 0 Å². The van der Waals surface area contributed by atoms with Gasteiger partial charge in [-0.25, -0.2) is 0 Å². The molecular weight excluding hydrogens is 344 g/mol. The van der Waals surface area contributed by atoms with E-state index in [1.807, 2.05) is 50.5 Å². The van der Waals surface area contributed by atoms with Gasteiger partial charge in [0.25, 0.3) is 0 Å². The van der Waals surface area contributed by atoms with Crippen molar-refractivity contribution in [2.24, 2.45) is 0 Å². The van der Waals surface area contributed by atoms with Gasteiger partial charge in [0.15, 0.2) is 0 Å². The van der Waals surface area contributed by atoms with E-state index in [0.29, 0.717) is 0 Å². The Hall–Kier alpha value is -3.27. The topological polar surface area (TPSA) is 54.5 Å². The van der Waals surface area contributed by atoms with E-state index in [9.17, 15) is 0 Å². The summed E-state index contributed by atoms with van der Waals surface area (Å²) in [6.07, 6.45) is 10.6. The minimum atomic E-state index is 0.769. The lowest BCUT2D eigenvalue weighted by Crippen LogP contribution is -1.95. The largest absolute Gasteiger partial charge is 0.282 e. The van der Waals surface area contributed by atoms with Crippen molar-refractivity contribution in [2.45, 2.75) is 34.1 Å². The van der Waals surface area contributed by atoms with E-state index >= 15 is 0 Å². The number of pyridine rings is 2. The third-order valence-corrected chi connectivity index (χ3v) is 4.46. The maximum atomic E-state index is 4.69. The minimum absolute atomic E-state index is 0.769. The highest BCUT2D eigenvalue weighted by atomic mass is 15.1. The van der Waals surface area contributed by atoms with Gasteiger partial charge in [-0.3, -0.25) is 15.1 Å². The first-order valence-electron chi connectivity index (χ1n) is 9.36. The van der Waals surface area contributed by atoms with Crippen LogP contribution in [0.2, 0.25) is 0 Å². The molecule has 3 aromatic heterocycles. The van der Waals surface area contributed by atoms with E-state index in [4.69, 9.17) is 4.98 Å². The molecule has 3 rings (SSSR count). The summed E-state index contributed by atoms with van der Waals surface area (Å²) in [4.78, 5) is 8.95. The van der Waals surface area contributed by atoms with Crippen LogP contribution in [0.1, 0.15) is 42.1 Å². The second-order valence-electron chi connectivity index (χ2n) is 7.21. The number of hydrogen-bond donors (Lipinski definition) is 1. The van der Waals surface area contributed by atoms with Gasteiger partial charge >= 0.3 is 0 Å². The summed E-state index contributed by atoms with van der Waals surface area (Å²) in [6.45, 7) is 12.0. The lowest BCUT2D eigenvalue weighted by molar-refractivity contribution is 0.983. The van der Waals surface area contributed by atoms with Crippen LogP contribution < -0.4 is 0 Å². The highest BCUT2D eigenvalue weighted by molar-refractivity contribution is 5.64. The Morgan fingerprint density at radius 1 is 1.14 bits per heavy atom. The van der Waals surface area contributed by atoms with Crippen molar-refractivity contribution in [1.29, 1.82) is 0 Å². The van der Waals surface area contributed by atoms with E-state index in [-0.39, 0.29) is 0 Å². The molecule has 3 heterocycles. The number of rotatable bonds is 6. The smallest absolute Gasteiger partial charge is 0.0880 e. The van der Waals surface area contributed by atoms with E-state index in [1.54, 1.807) is 0 Å². The first kappa shape index (κ1) is 19.5. The van der Waals surface area contributed by atoms with Crippen molar-refractivity contribution in [3.05, 3.63) is 95.2 Å². The average Bonchev–Trinajstić information content (AvgIpc) is 3.10. The highest BCUT2D eigenvalue weighted by Crippen LogP contribution is 2.23. The van der Waals surface area contributed by atoms with Crippen LogP contribution in [0.3, 0.4) is 0 Å². The number of nitrogens with zero attached hydrogens (tertiary/aromatic N) is 3. The van der Waals surface area contributed by atoms with Crippen molar-refractivity contribution in [2.75, 3.05) is 0 Å². The highest BCUT2D eigenvalue weighted by Gasteiger charge is 2.08. The third-order valence-electron chi connectivity index (χ3n) is 4.46. The molecule has 0 saturated carbocycles. The van der Waals surface area contributed by atoms with Crippen LogP contribution in [0, 0.1) is 13.8 Å². The number of nitrogens with one attached hydrogen (secondary N) is 1. The molecule has 0 atom stereocenters. The zero-order valence-corrected chi connectivity index (χ0v) is 17.0. The molecule has 1 N–H and O–H groups in total. The zero-order valence-electron chi connectivity index (χ0n) is 17.0. The molecule has 0 aliphatic rings. The van der Waals surface area contributed by atoms with Crippen molar-refractivity contribution in [1.82, 2.24) is 20.2 Å². The molecule has 0 aliphatic carbocycles. The lowest BCUT2D eigenvalue weighted by Gasteiger charge is -2.08.